The molecule has 0 radical (unpaired) electrons. The maximum absolute atomic E-state index is 12.3. The first-order valence-electron chi connectivity index (χ1n) is 9.02. The van der Waals surface area contributed by atoms with E-state index in [9.17, 15) is 19.7 Å². The van der Waals surface area contributed by atoms with Crippen LogP contribution >= 0.6 is 0 Å². The highest BCUT2D eigenvalue weighted by Crippen LogP contribution is 2.30. The van der Waals surface area contributed by atoms with Gasteiger partial charge in [-0.15, -0.1) is 0 Å². The summed E-state index contributed by atoms with van der Waals surface area (Å²) in [5.74, 6) is -1.02. The number of rotatable bonds is 6. The molecule has 1 aromatic heterocycles. The van der Waals surface area contributed by atoms with Crippen molar-refractivity contribution >= 4 is 23.3 Å². The van der Waals surface area contributed by atoms with Crippen LogP contribution in [0.3, 0.4) is 0 Å². The topological polar surface area (TPSA) is 125 Å². The molecule has 0 bridgehead atoms. The molecule has 3 aromatic rings. The molecule has 0 saturated carbocycles. The van der Waals surface area contributed by atoms with Gasteiger partial charge in [-0.1, -0.05) is 24.3 Å². The molecule has 9 heteroatoms. The number of hydrogen-bond acceptors (Lipinski definition) is 7. The number of nitro groups is 1. The van der Waals surface area contributed by atoms with Crippen LogP contribution in [-0.2, 0) is 9.53 Å². The third kappa shape index (κ3) is 4.35. The first-order valence-corrected chi connectivity index (χ1v) is 9.02. The standard InChI is InChI=1S/C21H19N3O6/c1-12-9-10-16(24(27)28)18(13(12)2)22-17(25)11-29-21(26)19-14(3)30-20(23-19)15-7-5-4-6-8-15/h4-10H,11H2,1-3H3,(H,22,25). The lowest BCUT2D eigenvalue weighted by Gasteiger charge is -2.11. The molecule has 0 aliphatic carbocycles. The van der Waals surface area contributed by atoms with Gasteiger partial charge in [-0.2, -0.15) is 0 Å². The number of nitrogens with one attached hydrogen (secondary N) is 1. The zero-order valence-corrected chi connectivity index (χ0v) is 16.6. The second-order valence-corrected chi connectivity index (χ2v) is 6.57. The molecule has 0 aliphatic heterocycles. The summed E-state index contributed by atoms with van der Waals surface area (Å²) in [4.78, 5) is 39.4. The minimum absolute atomic E-state index is 0.0423. The fourth-order valence-corrected chi connectivity index (χ4v) is 2.78. The Labute approximate surface area is 171 Å². The second-order valence-electron chi connectivity index (χ2n) is 6.57. The molecule has 30 heavy (non-hydrogen) atoms. The van der Waals surface area contributed by atoms with Crippen molar-refractivity contribution in [2.75, 3.05) is 11.9 Å². The van der Waals surface area contributed by atoms with Crippen LogP contribution in [0.25, 0.3) is 11.5 Å². The quantitative estimate of drug-likeness (QED) is 0.371. The number of amides is 1. The summed E-state index contributed by atoms with van der Waals surface area (Å²) in [6, 6.07) is 11.9. The van der Waals surface area contributed by atoms with E-state index in [4.69, 9.17) is 9.15 Å². The number of anilines is 1. The number of aromatic nitrogens is 1. The number of hydrogen-bond donors (Lipinski definition) is 1. The van der Waals surface area contributed by atoms with Gasteiger partial charge in [0.1, 0.15) is 11.4 Å². The Balaban J connectivity index is 1.69. The summed E-state index contributed by atoms with van der Waals surface area (Å²) < 4.78 is 10.5. The number of nitro benzene ring substituents is 1. The lowest BCUT2D eigenvalue weighted by Crippen LogP contribution is -2.22. The van der Waals surface area contributed by atoms with Gasteiger partial charge in [-0.3, -0.25) is 14.9 Å². The van der Waals surface area contributed by atoms with E-state index in [1.165, 1.54) is 6.07 Å². The zero-order valence-electron chi connectivity index (χ0n) is 16.6. The van der Waals surface area contributed by atoms with E-state index < -0.39 is 23.4 Å². The molecule has 1 N–H and O–H groups in total. The van der Waals surface area contributed by atoms with Crippen LogP contribution in [0.15, 0.2) is 46.9 Å². The summed E-state index contributed by atoms with van der Waals surface area (Å²) in [6.07, 6.45) is 0. The van der Waals surface area contributed by atoms with Crippen LogP contribution in [0.2, 0.25) is 0 Å². The molecule has 9 nitrogen and oxygen atoms in total. The Kier molecular flexibility index (Phi) is 5.91. The number of ether oxygens (including phenoxy) is 1. The highest BCUT2D eigenvalue weighted by Gasteiger charge is 2.22. The lowest BCUT2D eigenvalue weighted by atomic mass is 10.1. The summed E-state index contributed by atoms with van der Waals surface area (Å²) in [6.45, 7) is 4.37. The van der Waals surface area contributed by atoms with Crippen molar-refractivity contribution < 1.29 is 23.7 Å². The minimum atomic E-state index is -0.830. The maximum Gasteiger partial charge on any atom is 0.361 e. The first kappa shape index (κ1) is 20.7. The predicted molar refractivity (Wildman–Crippen MR) is 108 cm³/mol. The molecule has 1 amide bonds. The Morgan fingerprint density at radius 1 is 1.13 bits per heavy atom. The lowest BCUT2D eigenvalue weighted by molar-refractivity contribution is -0.384. The summed E-state index contributed by atoms with van der Waals surface area (Å²) in [7, 11) is 0. The predicted octanol–water partition coefficient (Wildman–Crippen LogP) is 3.97. The van der Waals surface area contributed by atoms with Crippen LogP contribution in [0, 0.1) is 30.9 Å². The van der Waals surface area contributed by atoms with E-state index >= 15 is 0 Å². The Morgan fingerprint density at radius 3 is 2.50 bits per heavy atom. The number of carbonyl (C=O) groups is 2. The molecule has 3 rings (SSSR count). The average Bonchev–Trinajstić information content (AvgIpc) is 3.12. The van der Waals surface area contributed by atoms with E-state index in [1.807, 2.05) is 18.2 Å². The molecule has 0 aliphatic rings. The van der Waals surface area contributed by atoms with Gasteiger partial charge in [-0.05, 0) is 44.0 Å². The van der Waals surface area contributed by atoms with E-state index in [1.54, 1.807) is 39.0 Å². The number of oxazole rings is 1. The van der Waals surface area contributed by atoms with Crippen molar-refractivity contribution in [1.29, 1.82) is 0 Å². The van der Waals surface area contributed by atoms with E-state index in [0.29, 0.717) is 11.1 Å². The third-order valence-electron chi connectivity index (χ3n) is 4.52. The molecule has 0 fully saturated rings. The van der Waals surface area contributed by atoms with Crippen molar-refractivity contribution in [2.45, 2.75) is 20.8 Å². The highest BCUT2D eigenvalue weighted by atomic mass is 16.6. The zero-order chi connectivity index (χ0) is 21.8. The van der Waals surface area contributed by atoms with Crippen LogP contribution in [0.4, 0.5) is 11.4 Å². The SMILES string of the molecule is Cc1ccc([N+](=O)[O-])c(NC(=O)COC(=O)c2nc(-c3ccccc3)oc2C)c1C. The molecular weight excluding hydrogens is 390 g/mol. The van der Waals surface area contributed by atoms with Crippen molar-refractivity contribution in [3.63, 3.8) is 0 Å². The van der Waals surface area contributed by atoms with Crippen LogP contribution in [0.1, 0.15) is 27.4 Å². The van der Waals surface area contributed by atoms with E-state index in [2.05, 4.69) is 10.3 Å². The first-order chi connectivity index (χ1) is 14.3. The number of benzene rings is 2. The molecule has 0 spiro atoms. The highest BCUT2D eigenvalue weighted by molar-refractivity contribution is 5.97. The monoisotopic (exact) mass is 409 g/mol. The second kappa shape index (κ2) is 8.56. The van der Waals surface area contributed by atoms with Crippen LogP contribution in [0.5, 0.6) is 0 Å². The van der Waals surface area contributed by atoms with E-state index in [-0.39, 0.29) is 28.7 Å². The molecule has 0 atom stereocenters. The van der Waals surface area contributed by atoms with Crippen molar-refractivity contribution in [3.8, 4) is 11.5 Å². The number of carbonyl (C=O) groups excluding carboxylic acids is 2. The normalized spacial score (nSPS) is 10.5. The van der Waals surface area contributed by atoms with Gasteiger partial charge in [0.2, 0.25) is 5.89 Å². The van der Waals surface area contributed by atoms with Crippen LogP contribution in [-0.4, -0.2) is 28.4 Å². The molecule has 154 valence electrons. The average molecular weight is 409 g/mol. The Morgan fingerprint density at radius 2 is 1.83 bits per heavy atom. The molecule has 0 unspecified atom stereocenters. The third-order valence-corrected chi connectivity index (χ3v) is 4.52. The van der Waals surface area contributed by atoms with Crippen molar-refractivity contribution in [2.24, 2.45) is 0 Å². The molecule has 0 saturated heterocycles. The van der Waals surface area contributed by atoms with Gasteiger partial charge in [0.15, 0.2) is 12.3 Å². The summed E-state index contributed by atoms with van der Waals surface area (Å²) in [5, 5.41) is 13.7. The minimum Gasteiger partial charge on any atom is -0.451 e. The summed E-state index contributed by atoms with van der Waals surface area (Å²) in [5.41, 5.74) is 1.82. The number of nitrogens with zero attached hydrogens (tertiary/aromatic N) is 2. The molecule has 1 heterocycles. The molecule has 2 aromatic carbocycles. The Bertz CT molecular complexity index is 1120. The Hall–Kier alpha value is -4.01. The van der Waals surface area contributed by atoms with Gasteiger partial charge in [-0.25, -0.2) is 9.78 Å². The molecular formula is C21H19N3O6. The summed E-state index contributed by atoms with van der Waals surface area (Å²) >= 11 is 0. The smallest absolute Gasteiger partial charge is 0.361 e. The van der Waals surface area contributed by atoms with Gasteiger partial charge in [0.05, 0.1) is 4.92 Å². The van der Waals surface area contributed by atoms with Gasteiger partial charge in [0, 0.05) is 11.6 Å². The van der Waals surface area contributed by atoms with Crippen LogP contribution < -0.4 is 5.32 Å². The number of esters is 1. The maximum atomic E-state index is 12.3. The largest absolute Gasteiger partial charge is 0.451 e. The van der Waals surface area contributed by atoms with Gasteiger partial charge >= 0.3 is 5.97 Å². The van der Waals surface area contributed by atoms with Gasteiger partial charge in [0.25, 0.3) is 11.6 Å². The van der Waals surface area contributed by atoms with Gasteiger partial charge < -0.3 is 14.5 Å². The van der Waals surface area contributed by atoms with Crippen molar-refractivity contribution in [3.05, 3.63) is 75.2 Å². The fourth-order valence-electron chi connectivity index (χ4n) is 2.78. The fraction of sp³-hybridized carbons (Fsp3) is 0.190. The van der Waals surface area contributed by atoms with E-state index in [0.717, 1.165) is 5.56 Å². The van der Waals surface area contributed by atoms with Crippen molar-refractivity contribution in [1.82, 2.24) is 4.98 Å². The number of aryl methyl sites for hydroxylation is 2.